The van der Waals surface area contributed by atoms with Crippen LogP contribution in [0.1, 0.15) is 89.5 Å². The fourth-order valence-electron chi connectivity index (χ4n) is 4.48. The van der Waals surface area contributed by atoms with Gasteiger partial charge in [-0.1, -0.05) is 59.8 Å². The third kappa shape index (κ3) is 2.67. The molecule has 1 N–H and O–H groups in total. The molecule has 0 saturated heterocycles. The highest BCUT2D eigenvalue weighted by molar-refractivity contribution is 5.73. The van der Waals surface area contributed by atoms with E-state index >= 15 is 0 Å². The zero-order chi connectivity index (χ0) is 17.0. The van der Waals surface area contributed by atoms with Crippen LogP contribution in [0.5, 0.6) is 0 Å². The fourth-order valence-corrected chi connectivity index (χ4v) is 4.48. The molecule has 3 rings (SSSR count). The van der Waals surface area contributed by atoms with Crippen molar-refractivity contribution in [2.75, 3.05) is 6.61 Å². The Morgan fingerprint density at radius 1 is 0.826 bits per heavy atom. The number of rotatable bonds is 1. The molecule has 0 aliphatic heterocycles. The summed E-state index contributed by atoms with van der Waals surface area (Å²) in [7, 11) is 0. The minimum absolute atomic E-state index is 0.140. The molecule has 1 aromatic rings. The van der Waals surface area contributed by atoms with Crippen molar-refractivity contribution in [1.82, 2.24) is 0 Å². The number of aliphatic hydroxyl groups excluding tert-OH is 1. The Kier molecular flexibility index (Phi) is 3.80. The lowest BCUT2D eigenvalue weighted by molar-refractivity contribution is 0.330. The van der Waals surface area contributed by atoms with Gasteiger partial charge in [-0.15, -0.1) is 0 Å². The largest absolute Gasteiger partial charge is 0.392 e. The monoisotopic (exact) mass is 312 g/mol. The van der Waals surface area contributed by atoms with E-state index < -0.39 is 0 Å². The van der Waals surface area contributed by atoms with Gasteiger partial charge >= 0.3 is 0 Å². The number of aliphatic hydroxyl groups is 1. The summed E-state index contributed by atoms with van der Waals surface area (Å²) in [5, 5.41) is 9.42. The predicted octanol–water partition coefficient (Wildman–Crippen LogP) is 5.48. The van der Waals surface area contributed by atoms with Gasteiger partial charge in [-0.2, -0.15) is 0 Å². The molecule has 1 aromatic carbocycles. The Morgan fingerprint density at radius 2 is 1.35 bits per heavy atom. The molecule has 23 heavy (non-hydrogen) atoms. The number of allylic oxidation sites excluding steroid dienone is 1. The van der Waals surface area contributed by atoms with Crippen molar-refractivity contribution >= 4 is 5.57 Å². The zero-order valence-electron chi connectivity index (χ0n) is 15.7. The van der Waals surface area contributed by atoms with Crippen LogP contribution in [0, 0.1) is 0 Å². The van der Waals surface area contributed by atoms with Gasteiger partial charge in [0.1, 0.15) is 0 Å². The third-order valence-electron chi connectivity index (χ3n) is 6.42. The molecule has 0 atom stereocenters. The van der Waals surface area contributed by atoms with Gasteiger partial charge in [0.2, 0.25) is 0 Å². The summed E-state index contributed by atoms with van der Waals surface area (Å²) in [6.07, 6.45) is 6.75. The normalized spacial score (nSPS) is 25.8. The van der Waals surface area contributed by atoms with Crippen LogP contribution in [0.4, 0.5) is 0 Å². The SMILES string of the molecule is CC1(C)CC/C(=C\CO)c2cc3c(cc21)C(C)(C)CCC3(C)C. The lowest BCUT2D eigenvalue weighted by Gasteiger charge is -2.44. The van der Waals surface area contributed by atoms with E-state index in [9.17, 15) is 5.11 Å². The molecule has 2 aliphatic rings. The Morgan fingerprint density at radius 3 is 1.91 bits per heavy atom. The van der Waals surface area contributed by atoms with Crippen LogP contribution >= 0.6 is 0 Å². The van der Waals surface area contributed by atoms with Gasteiger partial charge in [-0.25, -0.2) is 0 Å². The molecule has 0 spiro atoms. The molecular weight excluding hydrogens is 280 g/mol. The summed E-state index contributed by atoms with van der Waals surface area (Å²) in [5.74, 6) is 0. The van der Waals surface area contributed by atoms with Gasteiger partial charge in [0.15, 0.2) is 0 Å². The van der Waals surface area contributed by atoms with E-state index in [1.807, 2.05) is 6.08 Å². The number of fused-ring (bicyclic) bond motifs is 2. The van der Waals surface area contributed by atoms with Crippen molar-refractivity contribution < 1.29 is 5.11 Å². The summed E-state index contributed by atoms with van der Waals surface area (Å²) in [4.78, 5) is 0. The van der Waals surface area contributed by atoms with E-state index in [1.54, 1.807) is 5.56 Å². The lowest BCUT2D eigenvalue weighted by atomic mass is 9.60. The first kappa shape index (κ1) is 16.8. The Balaban J connectivity index is 2.30. The van der Waals surface area contributed by atoms with E-state index in [0.29, 0.717) is 0 Å². The molecule has 126 valence electrons. The molecule has 1 heteroatoms. The van der Waals surface area contributed by atoms with E-state index in [1.165, 1.54) is 35.1 Å². The van der Waals surface area contributed by atoms with Crippen molar-refractivity contribution in [1.29, 1.82) is 0 Å². The minimum atomic E-state index is 0.140. The van der Waals surface area contributed by atoms with Crippen LogP contribution in [-0.2, 0) is 16.2 Å². The quantitative estimate of drug-likeness (QED) is 0.727. The first-order chi connectivity index (χ1) is 10.6. The Bertz CT molecular complexity index is 659. The van der Waals surface area contributed by atoms with Crippen LogP contribution < -0.4 is 0 Å². The second kappa shape index (κ2) is 5.21. The highest BCUT2D eigenvalue weighted by Gasteiger charge is 2.40. The lowest BCUT2D eigenvalue weighted by Crippen LogP contribution is -2.35. The Labute approximate surface area is 141 Å². The van der Waals surface area contributed by atoms with Crippen molar-refractivity contribution in [2.45, 2.75) is 83.5 Å². The number of hydrogen-bond donors (Lipinski definition) is 1. The highest BCUT2D eigenvalue weighted by Crippen LogP contribution is 2.51. The topological polar surface area (TPSA) is 20.2 Å². The molecule has 0 heterocycles. The van der Waals surface area contributed by atoms with Crippen LogP contribution in [0.3, 0.4) is 0 Å². The van der Waals surface area contributed by atoms with Gasteiger partial charge in [0, 0.05) is 0 Å². The van der Waals surface area contributed by atoms with Gasteiger partial charge in [0.05, 0.1) is 6.61 Å². The molecule has 0 fully saturated rings. The molecule has 0 amide bonds. The number of benzene rings is 1. The predicted molar refractivity (Wildman–Crippen MR) is 99.1 cm³/mol. The molecule has 0 radical (unpaired) electrons. The van der Waals surface area contributed by atoms with Gasteiger partial charge < -0.3 is 5.11 Å². The summed E-state index contributed by atoms with van der Waals surface area (Å²) in [6, 6.07) is 4.98. The van der Waals surface area contributed by atoms with E-state index in [0.717, 1.165) is 12.8 Å². The van der Waals surface area contributed by atoms with Crippen LogP contribution in [-0.4, -0.2) is 11.7 Å². The Hall–Kier alpha value is -1.08. The molecule has 0 saturated carbocycles. The van der Waals surface area contributed by atoms with Gasteiger partial charge in [0.25, 0.3) is 0 Å². The maximum atomic E-state index is 9.42. The average molecular weight is 312 g/mol. The molecule has 1 nitrogen and oxygen atoms in total. The molecule has 0 unspecified atom stereocenters. The van der Waals surface area contributed by atoms with E-state index in [-0.39, 0.29) is 22.9 Å². The minimum Gasteiger partial charge on any atom is -0.392 e. The molecule has 0 aromatic heterocycles. The van der Waals surface area contributed by atoms with Crippen molar-refractivity contribution in [3.8, 4) is 0 Å². The standard InChI is InChI=1S/C22H32O/c1-20(2)9-7-15(8-12-23)16-13-18-19(14-17(16)20)22(5,6)11-10-21(18,3)4/h8,13-14,23H,7,9-12H2,1-6H3/b15-8+. The summed E-state index contributed by atoms with van der Waals surface area (Å²) in [5.41, 5.74) is 7.99. The van der Waals surface area contributed by atoms with E-state index in [2.05, 4.69) is 53.7 Å². The van der Waals surface area contributed by atoms with Gasteiger partial charge in [-0.3, -0.25) is 0 Å². The smallest absolute Gasteiger partial charge is 0.0618 e. The fraction of sp³-hybridized carbons (Fsp3) is 0.636. The van der Waals surface area contributed by atoms with Crippen LogP contribution in [0.15, 0.2) is 18.2 Å². The highest BCUT2D eigenvalue weighted by atomic mass is 16.2. The summed E-state index contributed by atoms with van der Waals surface area (Å²) in [6.45, 7) is 14.4. The molecule has 2 aliphatic carbocycles. The van der Waals surface area contributed by atoms with E-state index in [4.69, 9.17) is 0 Å². The van der Waals surface area contributed by atoms with Crippen molar-refractivity contribution in [2.24, 2.45) is 0 Å². The maximum Gasteiger partial charge on any atom is 0.0618 e. The zero-order valence-corrected chi connectivity index (χ0v) is 15.7. The van der Waals surface area contributed by atoms with Crippen molar-refractivity contribution in [3.05, 3.63) is 40.5 Å². The van der Waals surface area contributed by atoms with Crippen LogP contribution in [0.25, 0.3) is 5.57 Å². The maximum absolute atomic E-state index is 9.42. The summed E-state index contributed by atoms with van der Waals surface area (Å²) >= 11 is 0. The third-order valence-corrected chi connectivity index (χ3v) is 6.42. The summed E-state index contributed by atoms with van der Waals surface area (Å²) < 4.78 is 0. The second-order valence-electron chi connectivity index (χ2n) is 9.51. The van der Waals surface area contributed by atoms with Crippen LogP contribution in [0.2, 0.25) is 0 Å². The van der Waals surface area contributed by atoms with Crippen molar-refractivity contribution in [3.63, 3.8) is 0 Å². The second-order valence-corrected chi connectivity index (χ2v) is 9.51. The van der Waals surface area contributed by atoms with Gasteiger partial charge in [-0.05, 0) is 69.8 Å². The molecular formula is C22H32O. The average Bonchev–Trinajstić information content (AvgIpc) is 2.46. The number of hydrogen-bond acceptors (Lipinski definition) is 1. The molecule has 0 bridgehead atoms. The first-order valence-corrected chi connectivity index (χ1v) is 9.08. The first-order valence-electron chi connectivity index (χ1n) is 9.08.